The van der Waals surface area contributed by atoms with Crippen LogP contribution < -0.4 is 15.2 Å². The zero-order chi connectivity index (χ0) is 19.4. The molecule has 0 bridgehead atoms. The highest BCUT2D eigenvalue weighted by Crippen LogP contribution is 2.36. The maximum absolute atomic E-state index is 12.3. The molecule has 0 unspecified atom stereocenters. The highest BCUT2D eigenvalue weighted by Gasteiger charge is 2.18. The average Bonchev–Trinajstić information content (AvgIpc) is 3.07. The van der Waals surface area contributed by atoms with Crippen molar-refractivity contribution in [1.82, 2.24) is 9.38 Å². The summed E-state index contributed by atoms with van der Waals surface area (Å²) in [5, 5.41) is 0.0929. The first-order valence-corrected chi connectivity index (χ1v) is 8.24. The summed E-state index contributed by atoms with van der Waals surface area (Å²) < 4.78 is 17.5. The second kappa shape index (κ2) is 7.96. The maximum atomic E-state index is 12.3. The number of nitrogens with two attached hydrogens (primary N) is 1. The molecule has 27 heavy (non-hydrogen) atoms. The molecule has 140 valence electrons. The molecule has 0 spiro atoms. The van der Waals surface area contributed by atoms with E-state index in [0.717, 1.165) is 5.65 Å². The van der Waals surface area contributed by atoms with Gasteiger partial charge in [-0.25, -0.2) is 9.78 Å². The van der Waals surface area contributed by atoms with Gasteiger partial charge in [-0.3, -0.25) is 4.79 Å². The lowest BCUT2D eigenvalue weighted by atomic mass is 10.2. The van der Waals surface area contributed by atoms with Gasteiger partial charge in [-0.1, -0.05) is 17.7 Å². The number of benzene rings is 1. The van der Waals surface area contributed by atoms with Gasteiger partial charge in [0.2, 0.25) is 0 Å². The van der Waals surface area contributed by atoms with Gasteiger partial charge in [-0.05, 0) is 24.3 Å². The number of pyridine rings is 1. The molecule has 3 aromatic rings. The summed E-state index contributed by atoms with van der Waals surface area (Å²) in [7, 11) is 1.38. The van der Waals surface area contributed by atoms with Crippen LogP contribution in [0.25, 0.3) is 5.65 Å². The first-order chi connectivity index (χ1) is 13.0. The Morgan fingerprint density at radius 3 is 2.81 bits per heavy atom. The van der Waals surface area contributed by atoms with Crippen LogP contribution in [0.5, 0.6) is 11.5 Å². The molecule has 8 nitrogen and oxygen atoms in total. The van der Waals surface area contributed by atoms with Gasteiger partial charge in [-0.15, -0.1) is 0 Å². The number of aromatic nitrogens is 2. The monoisotopic (exact) mass is 389 g/mol. The molecule has 0 aliphatic heterocycles. The van der Waals surface area contributed by atoms with E-state index in [9.17, 15) is 9.59 Å². The van der Waals surface area contributed by atoms with Gasteiger partial charge in [0.05, 0.1) is 23.4 Å². The van der Waals surface area contributed by atoms with Crippen LogP contribution >= 0.6 is 11.6 Å². The van der Waals surface area contributed by atoms with E-state index in [0.29, 0.717) is 5.69 Å². The SMILES string of the molecule is COc1cc(C(=O)OCc2cn3ccccc3n2)cc(Cl)c1OCC(N)=O. The molecule has 0 atom stereocenters. The molecule has 0 saturated carbocycles. The number of esters is 1. The Kier molecular flexibility index (Phi) is 5.46. The molecule has 0 radical (unpaired) electrons. The summed E-state index contributed by atoms with van der Waals surface area (Å²) in [6.45, 7) is -0.367. The zero-order valence-corrected chi connectivity index (χ0v) is 15.1. The number of imidazole rings is 1. The Morgan fingerprint density at radius 1 is 1.30 bits per heavy atom. The van der Waals surface area contributed by atoms with E-state index < -0.39 is 11.9 Å². The largest absolute Gasteiger partial charge is 0.493 e. The van der Waals surface area contributed by atoms with E-state index in [1.54, 1.807) is 6.20 Å². The first-order valence-electron chi connectivity index (χ1n) is 7.86. The number of rotatable bonds is 7. The highest BCUT2D eigenvalue weighted by molar-refractivity contribution is 6.32. The van der Waals surface area contributed by atoms with Crippen molar-refractivity contribution >= 4 is 29.1 Å². The number of methoxy groups -OCH3 is 1. The van der Waals surface area contributed by atoms with Crippen LogP contribution in [0.4, 0.5) is 0 Å². The summed E-state index contributed by atoms with van der Waals surface area (Å²) in [5.41, 5.74) is 6.59. The first kappa shape index (κ1) is 18.5. The lowest BCUT2D eigenvalue weighted by Crippen LogP contribution is -2.20. The van der Waals surface area contributed by atoms with Crippen molar-refractivity contribution in [2.75, 3.05) is 13.7 Å². The predicted octanol–water partition coefficient (Wildman–Crippen LogP) is 2.22. The van der Waals surface area contributed by atoms with Crippen LogP contribution in [0.15, 0.2) is 42.7 Å². The van der Waals surface area contributed by atoms with Crippen molar-refractivity contribution in [3.63, 3.8) is 0 Å². The van der Waals surface area contributed by atoms with Crippen molar-refractivity contribution in [2.24, 2.45) is 5.73 Å². The van der Waals surface area contributed by atoms with Crippen molar-refractivity contribution < 1.29 is 23.8 Å². The molecule has 2 heterocycles. The van der Waals surface area contributed by atoms with E-state index in [1.165, 1.54) is 19.2 Å². The average molecular weight is 390 g/mol. The van der Waals surface area contributed by atoms with Crippen LogP contribution in [0.2, 0.25) is 5.02 Å². The van der Waals surface area contributed by atoms with Crippen molar-refractivity contribution in [2.45, 2.75) is 6.61 Å². The lowest BCUT2D eigenvalue weighted by Gasteiger charge is -2.13. The van der Waals surface area contributed by atoms with E-state index in [-0.39, 0.29) is 35.3 Å². The van der Waals surface area contributed by atoms with Gasteiger partial charge < -0.3 is 24.3 Å². The Morgan fingerprint density at radius 2 is 2.11 bits per heavy atom. The minimum atomic E-state index is -0.663. The summed E-state index contributed by atoms with van der Waals surface area (Å²) in [4.78, 5) is 27.6. The Labute approximate surface area is 159 Å². The van der Waals surface area contributed by atoms with Crippen LogP contribution in [-0.2, 0) is 16.1 Å². The van der Waals surface area contributed by atoms with Crippen LogP contribution in [0.1, 0.15) is 16.1 Å². The fourth-order valence-electron chi connectivity index (χ4n) is 2.40. The fourth-order valence-corrected chi connectivity index (χ4v) is 2.67. The van der Waals surface area contributed by atoms with E-state index >= 15 is 0 Å². The number of nitrogens with zero attached hydrogens (tertiary/aromatic N) is 2. The summed E-state index contributed by atoms with van der Waals surface area (Å²) >= 11 is 6.13. The third kappa shape index (κ3) is 4.29. The van der Waals surface area contributed by atoms with Gasteiger partial charge >= 0.3 is 5.97 Å². The zero-order valence-electron chi connectivity index (χ0n) is 14.3. The molecule has 0 fully saturated rings. The fraction of sp³-hybridized carbons (Fsp3) is 0.167. The van der Waals surface area contributed by atoms with Gasteiger partial charge in [0, 0.05) is 12.4 Å². The van der Waals surface area contributed by atoms with Gasteiger partial charge in [0.15, 0.2) is 18.1 Å². The maximum Gasteiger partial charge on any atom is 0.338 e. The number of hydrogen-bond acceptors (Lipinski definition) is 6. The molecule has 0 aliphatic rings. The number of amides is 1. The number of halogens is 1. The molecule has 2 aromatic heterocycles. The third-order valence-electron chi connectivity index (χ3n) is 3.59. The Balaban J connectivity index is 1.73. The Hall–Kier alpha value is -3.26. The number of ether oxygens (including phenoxy) is 3. The van der Waals surface area contributed by atoms with Crippen molar-refractivity contribution in [3.8, 4) is 11.5 Å². The molecule has 1 aromatic carbocycles. The second-order valence-electron chi connectivity index (χ2n) is 5.52. The molecule has 3 rings (SSSR count). The molecule has 0 aliphatic carbocycles. The van der Waals surface area contributed by atoms with E-state index in [1.807, 2.05) is 28.8 Å². The molecule has 9 heteroatoms. The lowest BCUT2D eigenvalue weighted by molar-refractivity contribution is -0.119. The number of primary amides is 1. The smallest absolute Gasteiger partial charge is 0.338 e. The topological polar surface area (TPSA) is 105 Å². The molecular formula is C18H16ClN3O5. The minimum absolute atomic E-state index is 0.000372. The number of fused-ring (bicyclic) bond motifs is 1. The van der Waals surface area contributed by atoms with Gasteiger partial charge in [0.25, 0.3) is 5.91 Å². The Bertz CT molecular complexity index is 969. The third-order valence-corrected chi connectivity index (χ3v) is 3.87. The minimum Gasteiger partial charge on any atom is -0.493 e. The highest BCUT2D eigenvalue weighted by atomic mass is 35.5. The van der Waals surface area contributed by atoms with Crippen molar-refractivity contribution in [3.05, 3.63) is 59.0 Å². The number of carbonyl (C=O) groups excluding carboxylic acids is 2. The summed E-state index contributed by atoms with van der Waals surface area (Å²) in [6.07, 6.45) is 3.63. The standard InChI is InChI=1S/C18H16ClN3O5/c1-25-14-7-11(6-13(19)17(14)26-10-15(20)23)18(24)27-9-12-8-22-5-3-2-4-16(22)21-12/h2-8H,9-10H2,1H3,(H2,20,23). The van der Waals surface area contributed by atoms with Crippen LogP contribution in [0, 0.1) is 0 Å². The number of carbonyl (C=O) groups is 2. The summed E-state index contributed by atoms with van der Waals surface area (Å²) in [5.74, 6) is -0.962. The molecular weight excluding hydrogens is 374 g/mol. The second-order valence-corrected chi connectivity index (χ2v) is 5.93. The quantitative estimate of drug-likeness (QED) is 0.621. The van der Waals surface area contributed by atoms with Crippen LogP contribution in [0.3, 0.4) is 0 Å². The molecule has 1 amide bonds. The normalized spacial score (nSPS) is 10.6. The van der Waals surface area contributed by atoms with E-state index in [2.05, 4.69) is 4.98 Å². The van der Waals surface area contributed by atoms with Gasteiger partial charge in [0.1, 0.15) is 12.3 Å². The van der Waals surface area contributed by atoms with Gasteiger partial charge in [-0.2, -0.15) is 0 Å². The number of hydrogen-bond donors (Lipinski definition) is 1. The predicted molar refractivity (Wildman–Crippen MR) is 97.0 cm³/mol. The van der Waals surface area contributed by atoms with E-state index in [4.69, 9.17) is 31.5 Å². The molecule has 0 saturated heterocycles. The van der Waals surface area contributed by atoms with Crippen LogP contribution in [-0.4, -0.2) is 35.0 Å². The molecule has 2 N–H and O–H groups in total. The summed E-state index contributed by atoms with van der Waals surface area (Å²) in [6, 6.07) is 8.37. The van der Waals surface area contributed by atoms with Crippen molar-refractivity contribution in [1.29, 1.82) is 0 Å².